The molecule has 0 unspecified atom stereocenters. The number of ether oxygens (including phenoxy) is 2. The monoisotopic (exact) mass is 237 g/mol. The third kappa shape index (κ3) is 2.27. The minimum absolute atomic E-state index is 0.747. The van der Waals surface area contributed by atoms with Crippen molar-refractivity contribution in [2.24, 2.45) is 0 Å². The predicted molar refractivity (Wildman–Crippen MR) is 66.6 cm³/mol. The first kappa shape index (κ1) is 11.2. The van der Waals surface area contributed by atoms with E-state index in [1.54, 1.807) is 18.4 Å². The van der Waals surface area contributed by atoms with Crippen LogP contribution in [0.5, 0.6) is 11.5 Å². The van der Waals surface area contributed by atoms with E-state index >= 15 is 0 Å². The molecule has 0 aliphatic carbocycles. The van der Waals surface area contributed by atoms with Crippen LogP contribution in [0.3, 0.4) is 0 Å². The van der Waals surface area contributed by atoms with Crippen LogP contribution in [0.2, 0.25) is 0 Å². The first-order chi connectivity index (χ1) is 7.85. The summed E-state index contributed by atoms with van der Waals surface area (Å²) < 4.78 is 12.1. The average Bonchev–Trinajstić information content (AvgIpc) is 2.77. The lowest BCUT2D eigenvalue weighted by atomic mass is 10.3. The molecule has 0 aliphatic rings. The Morgan fingerprint density at radius 1 is 1.38 bits per heavy atom. The fraction of sp³-hybridized carbons (Fsp3) is 0.417. The number of thiazole rings is 1. The van der Waals surface area contributed by atoms with Crippen molar-refractivity contribution in [2.45, 2.75) is 19.8 Å². The molecule has 0 saturated carbocycles. The molecule has 86 valence electrons. The molecule has 0 radical (unpaired) electrons. The Morgan fingerprint density at radius 2 is 2.25 bits per heavy atom. The zero-order valence-corrected chi connectivity index (χ0v) is 10.3. The lowest BCUT2D eigenvalue weighted by Crippen LogP contribution is -1.97. The lowest BCUT2D eigenvalue weighted by molar-refractivity contribution is 0.311. The van der Waals surface area contributed by atoms with E-state index in [9.17, 15) is 0 Å². The third-order valence-electron chi connectivity index (χ3n) is 2.36. The van der Waals surface area contributed by atoms with Crippen molar-refractivity contribution in [3.05, 3.63) is 17.6 Å². The topological polar surface area (TPSA) is 31.4 Å². The van der Waals surface area contributed by atoms with Crippen molar-refractivity contribution < 1.29 is 9.47 Å². The van der Waals surface area contributed by atoms with Gasteiger partial charge in [0.05, 0.1) is 29.4 Å². The van der Waals surface area contributed by atoms with Gasteiger partial charge in [0.25, 0.3) is 0 Å². The molecule has 1 aromatic carbocycles. The molecule has 16 heavy (non-hydrogen) atoms. The number of hydrogen-bond acceptors (Lipinski definition) is 4. The summed E-state index contributed by atoms with van der Waals surface area (Å²) in [6, 6.07) is 3.86. The summed E-state index contributed by atoms with van der Waals surface area (Å²) in [5, 5.41) is 0. The van der Waals surface area contributed by atoms with Gasteiger partial charge < -0.3 is 9.47 Å². The van der Waals surface area contributed by atoms with Crippen LogP contribution in [0.15, 0.2) is 17.6 Å². The van der Waals surface area contributed by atoms with Crippen LogP contribution in [0.4, 0.5) is 0 Å². The Hall–Kier alpha value is -1.29. The summed E-state index contributed by atoms with van der Waals surface area (Å²) in [7, 11) is 1.66. The SMILES string of the molecule is CCCCOc1cc(OC)cc2ncsc12. The van der Waals surface area contributed by atoms with Crippen molar-refractivity contribution in [3.8, 4) is 11.5 Å². The second kappa shape index (κ2) is 5.16. The number of unbranched alkanes of at least 4 members (excludes halogenated alkanes) is 1. The zero-order chi connectivity index (χ0) is 11.4. The van der Waals surface area contributed by atoms with E-state index in [1.165, 1.54) is 0 Å². The van der Waals surface area contributed by atoms with E-state index in [1.807, 2.05) is 17.6 Å². The van der Waals surface area contributed by atoms with E-state index in [0.717, 1.165) is 41.2 Å². The molecule has 0 amide bonds. The molecule has 2 aromatic rings. The van der Waals surface area contributed by atoms with Crippen LogP contribution < -0.4 is 9.47 Å². The largest absolute Gasteiger partial charge is 0.497 e. The van der Waals surface area contributed by atoms with Crippen LogP contribution >= 0.6 is 11.3 Å². The van der Waals surface area contributed by atoms with Crippen LogP contribution in [0, 0.1) is 0 Å². The van der Waals surface area contributed by atoms with Gasteiger partial charge in [-0.3, -0.25) is 0 Å². The van der Waals surface area contributed by atoms with E-state index in [0.29, 0.717) is 0 Å². The highest BCUT2D eigenvalue weighted by atomic mass is 32.1. The smallest absolute Gasteiger partial charge is 0.142 e. The summed E-state index contributed by atoms with van der Waals surface area (Å²) >= 11 is 1.60. The fourth-order valence-electron chi connectivity index (χ4n) is 1.46. The molecule has 3 nitrogen and oxygen atoms in total. The average molecular weight is 237 g/mol. The Labute approximate surface area is 99.0 Å². The number of nitrogens with zero attached hydrogens (tertiary/aromatic N) is 1. The van der Waals surface area contributed by atoms with E-state index in [-0.39, 0.29) is 0 Å². The van der Waals surface area contributed by atoms with Gasteiger partial charge in [-0.2, -0.15) is 0 Å². The molecular formula is C12H15NO2S. The maximum absolute atomic E-state index is 5.75. The predicted octanol–water partition coefficient (Wildman–Crippen LogP) is 3.48. The second-order valence-electron chi connectivity index (χ2n) is 3.53. The number of fused-ring (bicyclic) bond motifs is 1. The summed E-state index contributed by atoms with van der Waals surface area (Å²) in [4.78, 5) is 4.27. The molecule has 0 bridgehead atoms. The summed E-state index contributed by atoms with van der Waals surface area (Å²) in [5.74, 6) is 1.68. The Kier molecular flexibility index (Phi) is 3.62. The first-order valence-corrected chi connectivity index (χ1v) is 6.27. The number of methoxy groups -OCH3 is 1. The van der Waals surface area contributed by atoms with E-state index < -0.39 is 0 Å². The molecule has 2 rings (SSSR count). The summed E-state index contributed by atoms with van der Waals surface area (Å²) in [5.41, 5.74) is 2.77. The lowest BCUT2D eigenvalue weighted by Gasteiger charge is -2.08. The minimum atomic E-state index is 0.747. The molecule has 4 heteroatoms. The maximum atomic E-state index is 5.75. The molecule has 1 heterocycles. The number of hydrogen-bond donors (Lipinski definition) is 0. The summed E-state index contributed by atoms with van der Waals surface area (Å²) in [6.07, 6.45) is 2.20. The standard InChI is InChI=1S/C12H15NO2S/c1-3-4-5-15-11-7-9(14-2)6-10-12(11)16-8-13-10/h6-8H,3-5H2,1-2H3. The molecule has 1 aromatic heterocycles. The van der Waals surface area contributed by atoms with Gasteiger partial charge >= 0.3 is 0 Å². The molecular weight excluding hydrogens is 222 g/mol. The van der Waals surface area contributed by atoms with Crippen LogP contribution in [-0.2, 0) is 0 Å². The van der Waals surface area contributed by atoms with E-state index in [4.69, 9.17) is 9.47 Å². The Morgan fingerprint density at radius 3 is 3.00 bits per heavy atom. The number of benzene rings is 1. The van der Waals surface area contributed by atoms with Gasteiger partial charge in [-0.15, -0.1) is 11.3 Å². The van der Waals surface area contributed by atoms with Gasteiger partial charge in [-0.25, -0.2) is 4.98 Å². The highest BCUT2D eigenvalue weighted by Gasteiger charge is 2.08. The molecule has 0 aliphatic heterocycles. The van der Waals surface area contributed by atoms with Gasteiger partial charge in [0.1, 0.15) is 11.5 Å². The van der Waals surface area contributed by atoms with Crippen LogP contribution in [0.25, 0.3) is 10.2 Å². The summed E-state index contributed by atoms with van der Waals surface area (Å²) in [6.45, 7) is 2.90. The van der Waals surface area contributed by atoms with Crippen LogP contribution in [-0.4, -0.2) is 18.7 Å². The van der Waals surface area contributed by atoms with Crippen molar-refractivity contribution in [3.63, 3.8) is 0 Å². The van der Waals surface area contributed by atoms with Crippen LogP contribution in [0.1, 0.15) is 19.8 Å². The highest BCUT2D eigenvalue weighted by Crippen LogP contribution is 2.33. The molecule has 0 fully saturated rings. The zero-order valence-electron chi connectivity index (χ0n) is 9.53. The second-order valence-corrected chi connectivity index (χ2v) is 4.38. The Bertz CT molecular complexity index is 467. The van der Waals surface area contributed by atoms with Crippen molar-refractivity contribution in [2.75, 3.05) is 13.7 Å². The van der Waals surface area contributed by atoms with Gasteiger partial charge in [0.15, 0.2) is 0 Å². The molecule has 0 saturated heterocycles. The minimum Gasteiger partial charge on any atom is -0.497 e. The maximum Gasteiger partial charge on any atom is 0.142 e. The van der Waals surface area contributed by atoms with E-state index in [2.05, 4.69) is 11.9 Å². The molecule has 0 N–H and O–H groups in total. The third-order valence-corrected chi connectivity index (χ3v) is 3.22. The van der Waals surface area contributed by atoms with Crippen molar-refractivity contribution in [1.29, 1.82) is 0 Å². The normalized spacial score (nSPS) is 10.6. The van der Waals surface area contributed by atoms with Gasteiger partial charge in [0, 0.05) is 12.1 Å². The first-order valence-electron chi connectivity index (χ1n) is 5.39. The van der Waals surface area contributed by atoms with Gasteiger partial charge in [-0.05, 0) is 6.42 Å². The fourth-order valence-corrected chi connectivity index (χ4v) is 2.20. The quantitative estimate of drug-likeness (QED) is 0.746. The van der Waals surface area contributed by atoms with Crippen molar-refractivity contribution in [1.82, 2.24) is 4.98 Å². The Balaban J connectivity index is 2.29. The van der Waals surface area contributed by atoms with Gasteiger partial charge in [-0.1, -0.05) is 13.3 Å². The van der Waals surface area contributed by atoms with Crippen molar-refractivity contribution >= 4 is 21.6 Å². The molecule has 0 spiro atoms. The molecule has 0 atom stereocenters. The number of rotatable bonds is 5. The number of aromatic nitrogens is 1. The highest BCUT2D eigenvalue weighted by molar-refractivity contribution is 7.17. The van der Waals surface area contributed by atoms with Gasteiger partial charge in [0.2, 0.25) is 0 Å².